The predicted octanol–water partition coefficient (Wildman–Crippen LogP) is 4.56. The van der Waals surface area contributed by atoms with Crippen LogP contribution < -0.4 is 4.74 Å². The highest BCUT2D eigenvalue weighted by Crippen LogP contribution is 2.49. The Morgan fingerprint density at radius 1 is 1.00 bits per heavy atom. The number of imide groups is 1. The molecule has 0 N–H and O–H groups in total. The van der Waals surface area contributed by atoms with Crippen LogP contribution in [-0.2, 0) is 16.2 Å². The van der Waals surface area contributed by atoms with Crippen molar-refractivity contribution >= 4 is 34.0 Å². The van der Waals surface area contributed by atoms with Gasteiger partial charge in [-0.25, -0.2) is 0 Å². The quantitative estimate of drug-likeness (QED) is 0.370. The van der Waals surface area contributed by atoms with Gasteiger partial charge in [0.2, 0.25) is 0 Å². The highest BCUT2D eigenvalue weighted by atomic mass is 79.9. The smallest absolute Gasteiger partial charge is 0.254 e. The van der Waals surface area contributed by atoms with Gasteiger partial charge in [-0.3, -0.25) is 9.59 Å². The zero-order valence-electron chi connectivity index (χ0n) is 16.3. The number of hydrazone groups is 1. The summed E-state index contributed by atoms with van der Waals surface area (Å²) >= 11 is 3.42. The number of fused-ring (bicyclic) bond motifs is 1. The van der Waals surface area contributed by atoms with Crippen molar-refractivity contribution in [3.8, 4) is 5.75 Å². The number of halogens is 1. The summed E-state index contributed by atoms with van der Waals surface area (Å²) in [5.74, 6) is 0.250. The molecule has 2 bridgehead atoms. The minimum Gasteiger partial charge on any atom is -0.489 e. The third-order valence-corrected chi connectivity index (χ3v) is 6.76. The molecule has 3 aliphatic carbocycles. The van der Waals surface area contributed by atoms with E-state index in [4.69, 9.17) is 4.74 Å². The number of hydrogen-bond donors (Lipinski definition) is 0. The summed E-state index contributed by atoms with van der Waals surface area (Å²) in [6.45, 7) is 0.454. The van der Waals surface area contributed by atoms with E-state index in [1.54, 1.807) is 6.21 Å². The van der Waals surface area contributed by atoms with Crippen molar-refractivity contribution in [3.05, 3.63) is 76.3 Å². The summed E-state index contributed by atoms with van der Waals surface area (Å²) in [4.78, 5) is 25.7. The molecule has 0 spiro atoms. The van der Waals surface area contributed by atoms with E-state index in [-0.39, 0.29) is 35.5 Å². The molecule has 2 aromatic carbocycles. The van der Waals surface area contributed by atoms with Gasteiger partial charge < -0.3 is 4.74 Å². The summed E-state index contributed by atoms with van der Waals surface area (Å²) < 4.78 is 6.89. The first kappa shape index (κ1) is 19.2. The minimum atomic E-state index is -0.237. The molecule has 0 radical (unpaired) electrons. The highest BCUT2D eigenvalue weighted by molar-refractivity contribution is 9.10. The fourth-order valence-corrected chi connectivity index (χ4v) is 4.99. The van der Waals surface area contributed by atoms with Gasteiger partial charge in [0.05, 0.1) is 18.1 Å². The predicted molar refractivity (Wildman–Crippen MR) is 117 cm³/mol. The molecule has 1 saturated heterocycles. The van der Waals surface area contributed by atoms with Crippen LogP contribution >= 0.6 is 15.9 Å². The molecule has 2 aromatic rings. The van der Waals surface area contributed by atoms with Gasteiger partial charge in [0, 0.05) is 4.47 Å². The number of amides is 2. The Morgan fingerprint density at radius 3 is 2.30 bits per heavy atom. The zero-order valence-corrected chi connectivity index (χ0v) is 17.9. The fourth-order valence-electron chi connectivity index (χ4n) is 4.73. The summed E-state index contributed by atoms with van der Waals surface area (Å²) in [6, 6.07) is 15.4. The van der Waals surface area contributed by atoms with Crippen molar-refractivity contribution in [3.63, 3.8) is 0 Å². The lowest BCUT2D eigenvalue weighted by Gasteiger charge is -2.37. The lowest BCUT2D eigenvalue weighted by atomic mass is 9.63. The molecule has 2 amide bonds. The topological polar surface area (TPSA) is 59.0 Å². The van der Waals surface area contributed by atoms with Gasteiger partial charge in [0.15, 0.2) is 0 Å². The Balaban J connectivity index is 1.28. The van der Waals surface area contributed by atoms with E-state index in [0.29, 0.717) is 12.4 Å². The van der Waals surface area contributed by atoms with Gasteiger partial charge >= 0.3 is 0 Å². The van der Waals surface area contributed by atoms with Crippen LogP contribution in [0.15, 0.2) is 70.3 Å². The second kappa shape index (κ2) is 7.84. The van der Waals surface area contributed by atoms with Gasteiger partial charge in [-0.15, -0.1) is 0 Å². The maximum absolute atomic E-state index is 12.8. The molecule has 6 rings (SSSR count). The van der Waals surface area contributed by atoms with Crippen LogP contribution in [0.5, 0.6) is 5.75 Å². The van der Waals surface area contributed by atoms with Crippen LogP contribution in [0.3, 0.4) is 0 Å². The minimum absolute atomic E-state index is 0.164. The Hall–Kier alpha value is -2.73. The Bertz CT molecular complexity index is 1010. The van der Waals surface area contributed by atoms with E-state index in [9.17, 15) is 9.59 Å². The lowest BCUT2D eigenvalue weighted by Crippen LogP contribution is -2.38. The molecule has 4 aliphatic rings. The first-order chi connectivity index (χ1) is 14.6. The third kappa shape index (κ3) is 3.49. The number of nitrogens with zero attached hydrogens (tertiary/aromatic N) is 2. The normalized spacial score (nSPS) is 27.2. The van der Waals surface area contributed by atoms with Gasteiger partial charge in [-0.05, 0) is 60.1 Å². The van der Waals surface area contributed by atoms with Crippen LogP contribution in [-0.4, -0.2) is 23.0 Å². The highest BCUT2D eigenvalue weighted by Gasteiger charge is 2.56. The standard InChI is InChI=1S/C24H21BrN2O3/c25-19-10-4-15(5-11-19)14-30-20-3-1-2-16(12-20)13-26-27-23(28)21-17-6-7-18(9-8-17)22(21)24(27)29/h1-7,10-13,17-18,21-22H,8-9,14H2/b26-13-/t17-,18-,21-,22-/m0/s1. The summed E-state index contributed by atoms with van der Waals surface area (Å²) in [5, 5.41) is 5.35. The van der Waals surface area contributed by atoms with Gasteiger partial charge in [-0.1, -0.05) is 52.3 Å². The Kier molecular flexibility index (Phi) is 5.03. The van der Waals surface area contributed by atoms with Crippen molar-refractivity contribution in [2.45, 2.75) is 19.4 Å². The first-order valence-corrected chi connectivity index (χ1v) is 11.0. The number of allylic oxidation sites excluding steroid dienone is 2. The van der Waals surface area contributed by atoms with E-state index < -0.39 is 0 Å². The van der Waals surface area contributed by atoms with Crippen LogP contribution in [0.1, 0.15) is 24.0 Å². The van der Waals surface area contributed by atoms with Crippen molar-refractivity contribution in [1.29, 1.82) is 0 Å². The Morgan fingerprint density at radius 2 is 1.67 bits per heavy atom. The maximum Gasteiger partial charge on any atom is 0.254 e. The molecule has 1 heterocycles. The lowest BCUT2D eigenvalue weighted by molar-refractivity contribution is -0.140. The zero-order chi connectivity index (χ0) is 20.7. The monoisotopic (exact) mass is 464 g/mol. The van der Waals surface area contributed by atoms with E-state index in [2.05, 4.69) is 33.2 Å². The number of carbonyl (C=O) groups excluding carboxylic acids is 2. The van der Waals surface area contributed by atoms with Crippen molar-refractivity contribution in [2.75, 3.05) is 0 Å². The fraction of sp³-hybridized carbons (Fsp3) is 0.292. The number of carbonyl (C=O) groups is 2. The average molecular weight is 465 g/mol. The second-order valence-electron chi connectivity index (χ2n) is 8.06. The second-order valence-corrected chi connectivity index (χ2v) is 8.98. The molecule has 0 unspecified atom stereocenters. The van der Waals surface area contributed by atoms with Gasteiger partial charge in [0.1, 0.15) is 12.4 Å². The van der Waals surface area contributed by atoms with Crippen LogP contribution in [0, 0.1) is 23.7 Å². The van der Waals surface area contributed by atoms with Crippen LogP contribution in [0.25, 0.3) is 0 Å². The summed E-state index contributed by atoms with van der Waals surface area (Å²) in [7, 11) is 0. The van der Waals surface area contributed by atoms with Crippen molar-refractivity contribution in [1.82, 2.24) is 5.01 Å². The third-order valence-electron chi connectivity index (χ3n) is 6.24. The largest absolute Gasteiger partial charge is 0.489 e. The molecule has 1 saturated carbocycles. The van der Waals surface area contributed by atoms with Crippen molar-refractivity contribution < 1.29 is 14.3 Å². The SMILES string of the molecule is O=C1[C@@H]2[C@@H](C(=O)N1/N=C\c1cccc(OCc3ccc(Br)cc3)c1)[C@H]1C=C[C@H]2CC1. The van der Waals surface area contributed by atoms with E-state index >= 15 is 0 Å². The average Bonchev–Trinajstić information content (AvgIpc) is 3.05. The van der Waals surface area contributed by atoms with Crippen LogP contribution in [0.4, 0.5) is 0 Å². The maximum atomic E-state index is 12.8. The van der Waals surface area contributed by atoms with Crippen molar-refractivity contribution in [2.24, 2.45) is 28.8 Å². The van der Waals surface area contributed by atoms with E-state index in [0.717, 1.165) is 33.5 Å². The van der Waals surface area contributed by atoms with E-state index in [1.165, 1.54) is 0 Å². The first-order valence-electron chi connectivity index (χ1n) is 10.2. The summed E-state index contributed by atoms with van der Waals surface area (Å²) in [6.07, 6.45) is 7.75. The van der Waals surface area contributed by atoms with Crippen LogP contribution in [0.2, 0.25) is 0 Å². The summed E-state index contributed by atoms with van der Waals surface area (Å²) in [5.41, 5.74) is 1.84. The molecule has 5 nitrogen and oxygen atoms in total. The molecule has 2 fully saturated rings. The number of benzene rings is 2. The van der Waals surface area contributed by atoms with Gasteiger partial charge in [-0.2, -0.15) is 10.1 Å². The Labute approximate surface area is 183 Å². The molecular weight excluding hydrogens is 444 g/mol. The molecule has 1 aliphatic heterocycles. The molecule has 6 heteroatoms. The molecular formula is C24H21BrN2O3. The number of hydrogen-bond acceptors (Lipinski definition) is 4. The van der Waals surface area contributed by atoms with E-state index in [1.807, 2.05) is 48.5 Å². The molecule has 30 heavy (non-hydrogen) atoms. The molecule has 152 valence electrons. The number of rotatable bonds is 5. The number of ether oxygens (including phenoxy) is 1. The van der Waals surface area contributed by atoms with Gasteiger partial charge in [0.25, 0.3) is 11.8 Å². The molecule has 0 aromatic heterocycles. The molecule has 4 atom stereocenters.